The fourth-order valence-corrected chi connectivity index (χ4v) is 3.87. The monoisotopic (exact) mass is 354 g/mol. The average molecular weight is 354 g/mol. The lowest BCUT2D eigenvalue weighted by atomic mass is 9.92. The van der Waals surface area contributed by atoms with E-state index in [9.17, 15) is 10.1 Å². The Hall–Kier alpha value is -2.47. The van der Waals surface area contributed by atoms with Crippen LogP contribution in [0.2, 0.25) is 0 Å². The molecule has 1 aromatic heterocycles. The molecule has 0 N–H and O–H groups in total. The summed E-state index contributed by atoms with van der Waals surface area (Å²) in [6, 6.07) is 12.8. The number of hydrogen-bond donors (Lipinski definition) is 0. The first-order valence-electron chi connectivity index (χ1n) is 9.06. The Morgan fingerprint density at radius 3 is 2.69 bits per heavy atom. The largest absolute Gasteiger partial charge is 0.356 e. The number of hydrogen-bond acceptors (Lipinski definition) is 5. The average Bonchev–Trinajstić information content (AvgIpc) is 2.62. The lowest BCUT2D eigenvalue weighted by Crippen LogP contribution is -2.49. The molecular formula is C20H26N4O2. The maximum Gasteiger partial charge on any atom is 0.290 e. The third-order valence-corrected chi connectivity index (χ3v) is 5.32. The highest BCUT2D eigenvalue weighted by atomic mass is 16.6. The fourth-order valence-electron chi connectivity index (χ4n) is 3.87. The van der Waals surface area contributed by atoms with Gasteiger partial charge in [-0.05, 0) is 30.9 Å². The molecule has 0 spiro atoms. The number of nitrogens with zero attached hydrogens (tertiary/aromatic N) is 4. The zero-order valence-corrected chi connectivity index (χ0v) is 15.6. The molecule has 0 amide bonds. The second-order valence-electron chi connectivity index (χ2n) is 7.25. The van der Waals surface area contributed by atoms with E-state index in [1.807, 2.05) is 19.2 Å². The van der Waals surface area contributed by atoms with Crippen LogP contribution in [0.1, 0.15) is 24.5 Å². The van der Waals surface area contributed by atoms with Crippen molar-refractivity contribution in [2.75, 3.05) is 25.0 Å². The van der Waals surface area contributed by atoms with E-state index >= 15 is 0 Å². The number of benzene rings is 1. The summed E-state index contributed by atoms with van der Waals surface area (Å²) in [7, 11) is 2.04. The highest BCUT2D eigenvalue weighted by molar-refractivity contribution is 5.49. The molecule has 0 saturated carbocycles. The number of likely N-dealkylation sites (tertiary alicyclic amines) is 1. The van der Waals surface area contributed by atoms with Gasteiger partial charge >= 0.3 is 0 Å². The Balaban J connectivity index is 1.65. The molecule has 3 rings (SSSR count). The van der Waals surface area contributed by atoms with Crippen LogP contribution in [-0.4, -0.2) is 41.0 Å². The summed E-state index contributed by atoms with van der Waals surface area (Å²) in [5.41, 5.74) is 2.08. The SMILES string of the molecule is Cc1cc(N(C)C2CCN(Cc3ccccc3)CC2C)ncc1[N+](=O)[O-]. The molecule has 2 unspecified atom stereocenters. The van der Waals surface area contributed by atoms with Gasteiger partial charge in [-0.1, -0.05) is 37.3 Å². The Morgan fingerprint density at radius 1 is 1.35 bits per heavy atom. The molecule has 2 heterocycles. The molecule has 2 aromatic rings. The van der Waals surface area contributed by atoms with Crippen molar-refractivity contribution < 1.29 is 4.92 Å². The lowest BCUT2D eigenvalue weighted by molar-refractivity contribution is -0.385. The number of nitro groups is 1. The minimum Gasteiger partial charge on any atom is -0.356 e. The van der Waals surface area contributed by atoms with Crippen LogP contribution in [0.3, 0.4) is 0 Å². The Morgan fingerprint density at radius 2 is 2.08 bits per heavy atom. The van der Waals surface area contributed by atoms with E-state index < -0.39 is 0 Å². The van der Waals surface area contributed by atoms with Gasteiger partial charge in [0, 0.05) is 38.3 Å². The van der Waals surface area contributed by atoms with Crippen molar-refractivity contribution in [1.82, 2.24) is 9.88 Å². The first-order chi connectivity index (χ1) is 12.5. The van der Waals surface area contributed by atoms with Crippen LogP contribution in [0, 0.1) is 23.0 Å². The van der Waals surface area contributed by atoms with Gasteiger partial charge in [0.05, 0.1) is 4.92 Å². The molecule has 0 aliphatic carbocycles. The number of piperidine rings is 1. The lowest BCUT2D eigenvalue weighted by Gasteiger charge is -2.41. The van der Waals surface area contributed by atoms with Crippen molar-refractivity contribution in [3.8, 4) is 0 Å². The van der Waals surface area contributed by atoms with E-state index in [0.29, 0.717) is 17.5 Å². The predicted octanol–water partition coefficient (Wildman–Crippen LogP) is 3.65. The molecule has 1 aliphatic rings. The molecule has 6 heteroatoms. The summed E-state index contributed by atoms with van der Waals surface area (Å²) in [4.78, 5) is 19.6. The summed E-state index contributed by atoms with van der Waals surface area (Å²) in [5.74, 6) is 1.30. The quantitative estimate of drug-likeness (QED) is 0.606. The number of aryl methyl sites for hydroxylation is 1. The third-order valence-electron chi connectivity index (χ3n) is 5.32. The Kier molecular flexibility index (Phi) is 5.52. The maximum atomic E-state index is 11.0. The second-order valence-corrected chi connectivity index (χ2v) is 7.25. The molecule has 0 radical (unpaired) electrons. The molecule has 138 valence electrons. The van der Waals surface area contributed by atoms with Gasteiger partial charge in [0.15, 0.2) is 0 Å². The van der Waals surface area contributed by atoms with Crippen LogP contribution in [0.5, 0.6) is 0 Å². The van der Waals surface area contributed by atoms with Gasteiger partial charge < -0.3 is 4.90 Å². The molecule has 26 heavy (non-hydrogen) atoms. The number of pyridine rings is 1. The fraction of sp³-hybridized carbons (Fsp3) is 0.450. The summed E-state index contributed by atoms with van der Waals surface area (Å²) in [6.45, 7) is 7.10. The van der Waals surface area contributed by atoms with E-state index in [-0.39, 0.29) is 10.6 Å². The van der Waals surface area contributed by atoms with Crippen LogP contribution in [0.15, 0.2) is 42.6 Å². The van der Waals surface area contributed by atoms with E-state index in [1.54, 1.807) is 6.92 Å². The molecule has 6 nitrogen and oxygen atoms in total. The van der Waals surface area contributed by atoms with Crippen molar-refractivity contribution >= 4 is 11.5 Å². The van der Waals surface area contributed by atoms with Crippen LogP contribution in [0.4, 0.5) is 11.5 Å². The van der Waals surface area contributed by atoms with Crippen LogP contribution >= 0.6 is 0 Å². The van der Waals surface area contributed by atoms with E-state index in [0.717, 1.165) is 31.9 Å². The summed E-state index contributed by atoms with van der Waals surface area (Å²) in [6.07, 6.45) is 2.43. The van der Waals surface area contributed by atoms with Crippen molar-refractivity contribution in [3.63, 3.8) is 0 Å². The minimum absolute atomic E-state index is 0.0767. The Bertz CT molecular complexity index is 766. The van der Waals surface area contributed by atoms with Gasteiger partial charge in [-0.25, -0.2) is 4.98 Å². The van der Waals surface area contributed by atoms with Gasteiger partial charge in [-0.15, -0.1) is 0 Å². The molecule has 1 saturated heterocycles. The van der Waals surface area contributed by atoms with Crippen molar-refractivity contribution in [3.05, 3.63) is 63.8 Å². The van der Waals surface area contributed by atoms with E-state index in [1.165, 1.54) is 11.8 Å². The normalized spacial score (nSPS) is 20.7. The summed E-state index contributed by atoms with van der Waals surface area (Å²) >= 11 is 0. The summed E-state index contributed by atoms with van der Waals surface area (Å²) in [5, 5.41) is 11.0. The molecule has 1 fully saturated rings. The highest BCUT2D eigenvalue weighted by Crippen LogP contribution is 2.28. The maximum absolute atomic E-state index is 11.0. The molecule has 1 aromatic carbocycles. The molecule has 1 aliphatic heterocycles. The van der Waals surface area contributed by atoms with E-state index in [4.69, 9.17) is 0 Å². The third kappa shape index (κ3) is 4.02. The zero-order chi connectivity index (χ0) is 18.7. The van der Waals surface area contributed by atoms with Gasteiger partial charge in [0.2, 0.25) is 0 Å². The number of aromatic nitrogens is 1. The first-order valence-corrected chi connectivity index (χ1v) is 9.06. The molecule has 2 atom stereocenters. The number of anilines is 1. The molecular weight excluding hydrogens is 328 g/mol. The van der Waals surface area contributed by atoms with Crippen molar-refractivity contribution in [2.45, 2.75) is 32.9 Å². The topological polar surface area (TPSA) is 62.5 Å². The van der Waals surface area contributed by atoms with Crippen LogP contribution in [0.25, 0.3) is 0 Å². The zero-order valence-electron chi connectivity index (χ0n) is 15.6. The second kappa shape index (κ2) is 7.83. The van der Waals surface area contributed by atoms with Gasteiger partial charge in [-0.2, -0.15) is 0 Å². The van der Waals surface area contributed by atoms with Gasteiger partial charge in [0.1, 0.15) is 12.0 Å². The van der Waals surface area contributed by atoms with E-state index in [2.05, 4.69) is 46.0 Å². The first kappa shape index (κ1) is 18.3. The van der Waals surface area contributed by atoms with Crippen LogP contribution in [-0.2, 0) is 6.54 Å². The highest BCUT2D eigenvalue weighted by Gasteiger charge is 2.30. The van der Waals surface area contributed by atoms with Crippen LogP contribution < -0.4 is 4.90 Å². The van der Waals surface area contributed by atoms with Crippen molar-refractivity contribution in [1.29, 1.82) is 0 Å². The predicted molar refractivity (Wildman–Crippen MR) is 103 cm³/mol. The summed E-state index contributed by atoms with van der Waals surface area (Å²) < 4.78 is 0. The smallest absolute Gasteiger partial charge is 0.290 e. The van der Waals surface area contributed by atoms with Gasteiger partial charge in [0.25, 0.3) is 5.69 Å². The minimum atomic E-state index is -0.378. The Labute approximate surface area is 154 Å². The number of rotatable bonds is 5. The molecule has 0 bridgehead atoms. The van der Waals surface area contributed by atoms with Gasteiger partial charge in [-0.3, -0.25) is 15.0 Å². The van der Waals surface area contributed by atoms with Crippen molar-refractivity contribution in [2.24, 2.45) is 5.92 Å². The standard InChI is InChI=1S/C20H26N4O2/c1-15-11-20(21-12-19(15)24(25)26)22(3)18-9-10-23(13-16(18)2)14-17-7-5-4-6-8-17/h4-8,11-12,16,18H,9-10,13-14H2,1-3H3.